The number of amides is 1. The smallest absolute Gasteiger partial charge is 0.257 e. The molecule has 5 heteroatoms. The number of benzene rings is 2. The monoisotopic (exact) mass is 363 g/mol. The van der Waals surface area contributed by atoms with E-state index in [1.807, 2.05) is 38.1 Å². The van der Waals surface area contributed by atoms with E-state index in [0.29, 0.717) is 29.9 Å². The Bertz CT molecular complexity index is 918. The third-order valence-corrected chi connectivity index (χ3v) is 4.40. The summed E-state index contributed by atoms with van der Waals surface area (Å²) in [5.41, 5.74) is 4.01. The zero-order chi connectivity index (χ0) is 19.2. The van der Waals surface area contributed by atoms with Crippen molar-refractivity contribution >= 4 is 17.4 Å². The molecule has 0 atom stereocenters. The minimum Gasteiger partial charge on any atom is -0.370 e. The number of hydrogen-bond acceptors (Lipinski definition) is 3. The summed E-state index contributed by atoms with van der Waals surface area (Å²) in [4.78, 5) is 16.7. The van der Waals surface area contributed by atoms with Gasteiger partial charge in [0, 0.05) is 18.4 Å². The Morgan fingerprint density at radius 1 is 1.00 bits per heavy atom. The van der Waals surface area contributed by atoms with Crippen LogP contribution >= 0.6 is 0 Å². The van der Waals surface area contributed by atoms with Crippen molar-refractivity contribution in [2.45, 2.75) is 20.3 Å². The van der Waals surface area contributed by atoms with E-state index in [9.17, 15) is 9.18 Å². The lowest BCUT2D eigenvalue weighted by atomic mass is 10.1. The Morgan fingerprint density at radius 3 is 2.41 bits per heavy atom. The number of carbonyl (C=O) groups excluding carboxylic acids is 1. The molecule has 0 spiro atoms. The Hall–Kier alpha value is -3.21. The fourth-order valence-corrected chi connectivity index (χ4v) is 2.86. The Labute approximate surface area is 158 Å². The van der Waals surface area contributed by atoms with Gasteiger partial charge in [-0.1, -0.05) is 36.4 Å². The lowest BCUT2D eigenvalue weighted by Crippen LogP contribution is -2.14. The second kappa shape index (κ2) is 8.45. The summed E-state index contributed by atoms with van der Waals surface area (Å²) in [6.45, 7) is 4.48. The van der Waals surface area contributed by atoms with Crippen molar-refractivity contribution in [3.8, 4) is 0 Å². The predicted molar refractivity (Wildman–Crippen MR) is 107 cm³/mol. The molecule has 0 bridgehead atoms. The van der Waals surface area contributed by atoms with Crippen molar-refractivity contribution in [1.29, 1.82) is 0 Å². The van der Waals surface area contributed by atoms with E-state index >= 15 is 0 Å². The number of anilines is 2. The first-order chi connectivity index (χ1) is 13.0. The van der Waals surface area contributed by atoms with Gasteiger partial charge < -0.3 is 10.6 Å². The number of nitrogens with zero attached hydrogens (tertiary/aromatic N) is 1. The molecule has 3 rings (SSSR count). The number of rotatable bonds is 6. The van der Waals surface area contributed by atoms with Crippen LogP contribution in [0.1, 0.15) is 27.0 Å². The molecule has 138 valence electrons. The molecule has 0 unspecified atom stereocenters. The molecule has 0 radical (unpaired) electrons. The van der Waals surface area contributed by atoms with E-state index < -0.39 is 0 Å². The number of carbonyl (C=O) groups is 1. The van der Waals surface area contributed by atoms with E-state index in [1.54, 1.807) is 24.3 Å². The first-order valence-electron chi connectivity index (χ1n) is 8.85. The van der Waals surface area contributed by atoms with Crippen LogP contribution in [0.3, 0.4) is 0 Å². The zero-order valence-corrected chi connectivity index (χ0v) is 15.4. The first kappa shape index (κ1) is 18.6. The van der Waals surface area contributed by atoms with Crippen LogP contribution in [0.25, 0.3) is 0 Å². The molecule has 1 aromatic heterocycles. The third kappa shape index (κ3) is 4.70. The van der Waals surface area contributed by atoms with Crippen molar-refractivity contribution in [3.05, 3.63) is 88.9 Å². The predicted octanol–water partition coefficient (Wildman–Crippen LogP) is 4.74. The van der Waals surface area contributed by atoms with E-state index in [1.165, 1.54) is 12.3 Å². The van der Waals surface area contributed by atoms with Gasteiger partial charge in [0.05, 0.1) is 5.56 Å². The highest BCUT2D eigenvalue weighted by molar-refractivity contribution is 6.04. The Morgan fingerprint density at radius 2 is 1.74 bits per heavy atom. The molecule has 2 N–H and O–H groups in total. The SMILES string of the molecule is Cc1cccc(C)c1NC(=O)c1ccc(NCCc2ccccc2F)nc1. The molecule has 4 nitrogen and oxygen atoms in total. The fraction of sp³-hybridized carbons (Fsp3) is 0.182. The van der Waals surface area contributed by atoms with Gasteiger partial charge in [0.15, 0.2) is 0 Å². The minimum absolute atomic E-state index is 0.196. The molecule has 0 aliphatic rings. The van der Waals surface area contributed by atoms with Gasteiger partial charge in [-0.3, -0.25) is 4.79 Å². The molecule has 1 heterocycles. The number of aryl methyl sites for hydroxylation is 2. The molecule has 2 aromatic carbocycles. The van der Waals surface area contributed by atoms with Crippen molar-refractivity contribution < 1.29 is 9.18 Å². The average Bonchev–Trinajstić information content (AvgIpc) is 2.67. The first-order valence-corrected chi connectivity index (χ1v) is 8.85. The number of pyridine rings is 1. The maximum absolute atomic E-state index is 13.6. The van der Waals surface area contributed by atoms with Gasteiger partial charge in [-0.2, -0.15) is 0 Å². The van der Waals surface area contributed by atoms with Crippen LogP contribution in [-0.4, -0.2) is 17.4 Å². The van der Waals surface area contributed by atoms with Gasteiger partial charge in [-0.25, -0.2) is 9.37 Å². The van der Waals surface area contributed by atoms with E-state index in [2.05, 4.69) is 15.6 Å². The van der Waals surface area contributed by atoms with Crippen molar-refractivity contribution in [1.82, 2.24) is 4.98 Å². The standard InChI is InChI=1S/C22H22FN3O/c1-15-6-5-7-16(2)21(15)26-22(27)18-10-11-20(25-14-18)24-13-12-17-8-3-4-9-19(17)23/h3-11,14H,12-13H2,1-2H3,(H,24,25)(H,26,27). The highest BCUT2D eigenvalue weighted by Gasteiger charge is 2.10. The molecule has 27 heavy (non-hydrogen) atoms. The topological polar surface area (TPSA) is 54.0 Å². The molecular formula is C22H22FN3O. The van der Waals surface area contributed by atoms with Gasteiger partial charge in [0.25, 0.3) is 5.91 Å². The molecule has 0 fully saturated rings. The molecule has 0 saturated carbocycles. The number of para-hydroxylation sites is 1. The normalized spacial score (nSPS) is 10.5. The van der Waals surface area contributed by atoms with Gasteiger partial charge >= 0.3 is 0 Å². The number of hydrogen-bond donors (Lipinski definition) is 2. The highest BCUT2D eigenvalue weighted by Crippen LogP contribution is 2.20. The molecule has 0 aliphatic heterocycles. The second-order valence-corrected chi connectivity index (χ2v) is 6.42. The second-order valence-electron chi connectivity index (χ2n) is 6.42. The van der Waals surface area contributed by atoms with Gasteiger partial charge in [-0.15, -0.1) is 0 Å². The Balaban J connectivity index is 1.58. The number of aromatic nitrogens is 1. The molecule has 0 saturated heterocycles. The third-order valence-electron chi connectivity index (χ3n) is 4.40. The van der Waals surface area contributed by atoms with Crippen LogP contribution in [-0.2, 0) is 6.42 Å². The van der Waals surface area contributed by atoms with Crippen LogP contribution in [0.15, 0.2) is 60.8 Å². The maximum Gasteiger partial charge on any atom is 0.257 e. The van der Waals surface area contributed by atoms with E-state index in [-0.39, 0.29) is 11.7 Å². The van der Waals surface area contributed by atoms with E-state index in [0.717, 1.165) is 16.8 Å². The van der Waals surface area contributed by atoms with Crippen molar-refractivity contribution in [2.75, 3.05) is 17.2 Å². The summed E-state index contributed by atoms with van der Waals surface area (Å²) >= 11 is 0. The fourth-order valence-electron chi connectivity index (χ4n) is 2.86. The lowest BCUT2D eigenvalue weighted by Gasteiger charge is -2.12. The summed E-state index contributed by atoms with van der Waals surface area (Å²) in [5.74, 6) is 0.249. The van der Waals surface area contributed by atoms with Crippen molar-refractivity contribution in [2.24, 2.45) is 0 Å². The molecule has 1 amide bonds. The largest absolute Gasteiger partial charge is 0.370 e. The Kier molecular flexibility index (Phi) is 5.81. The lowest BCUT2D eigenvalue weighted by molar-refractivity contribution is 0.102. The van der Waals surface area contributed by atoms with Crippen LogP contribution < -0.4 is 10.6 Å². The van der Waals surface area contributed by atoms with Crippen LogP contribution in [0, 0.1) is 19.7 Å². The number of halogens is 1. The summed E-state index contributed by atoms with van der Waals surface area (Å²) < 4.78 is 13.6. The van der Waals surface area contributed by atoms with Gasteiger partial charge in [0.1, 0.15) is 11.6 Å². The van der Waals surface area contributed by atoms with Crippen molar-refractivity contribution in [3.63, 3.8) is 0 Å². The minimum atomic E-state index is -0.203. The van der Waals surface area contributed by atoms with Gasteiger partial charge in [-0.05, 0) is 55.2 Å². The quantitative estimate of drug-likeness (QED) is 0.665. The summed E-state index contributed by atoms with van der Waals surface area (Å²) in [5, 5.41) is 6.09. The van der Waals surface area contributed by atoms with Crippen LogP contribution in [0.2, 0.25) is 0 Å². The summed E-state index contributed by atoms with van der Waals surface area (Å²) in [6.07, 6.45) is 2.09. The van der Waals surface area contributed by atoms with Crippen LogP contribution in [0.4, 0.5) is 15.9 Å². The molecule has 0 aliphatic carbocycles. The summed E-state index contributed by atoms with van der Waals surface area (Å²) in [7, 11) is 0. The van der Waals surface area contributed by atoms with E-state index in [4.69, 9.17) is 0 Å². The zero-order valence-electron chi connectivity index (χ0n) is 15.4. The maximum atomic E-state index is 13.6. The van der Waals surface area contributed by atoms with Gasteiger partial charge in [0.2, 0.25) is 0 Å². The molecule has 3 aromatic rings. The summed E-state index contributed by atoms with van der Waals surface area (Å²) in [6, 6.07) is 16.1. The highest BCUT2D eigenvalue weighted by atomic mass is 19.1. The number of nitrogens with one attached hydrogen (secondary N) is 2. The van der Waals surface area contributed by atoms with Crippen LogP contribution in [0.5, 0.6) is 0 Å². The molecular weight excluding hydrogens is 341 g/mol. The average molecular weight is 363 g/mol.